The van der Waals surface area contributed by atoms with Crippen molar-refractivity contribution in [3.63, 3.8) is 0 Å². The number of non-ortho nitro benzene ring substituents is 1. The summed E-state index contributed by atoms with van der Waals surface area (Å²) in [5.41, 5.74) is 0.302. The van der Waals surface area contributed by atoms with E-state index >= 15 is 0 Å². The van der Waals surface area contributed by atoms with Crippen molar-refractivity contribution in [3.05, 3.63) is 69.8 Å². The number of nitro groups is 1. The van der Waals surface area contributed by atoms with Crippen molar-refractivity contribution < 1.29 is 18.1 Å². The van der Waals surface area contributed by atoms with Crippen LogP contribution in [0.4, 0.5) is 5.69 Å². The predicted molar refractivity (Wildman–Crippen MR) is 80.6 cm³/mol. The average molecular weight is 330 g/mol. The molecular formula is C15H10N2O5S. The number of Topliss-reactive ketones (excluding diaryl/α,β-unsaturated/α-hetero) is 1. The van der Waals surface area contributed by atoms with Gasteiger partial charge in [-0.2, -0.15) is 5.26 Å². The third kappa shape index (κ3) is 3.78. The molecule has 0 spiro atoms. The zero-order chi connectivity index (χ0) is 17.0. The molecule has 8 heteroatoms. The molecule has 2 aromatic rings. The molecule has 0 fully saturated rings. The summed E-state index contributed by atoms with van der Waals surface area (Å²) in [5, 5.41) is 19.2. The minimum atomic E-state index is -3.90. The maximum Gasteiger partial charge on any atom is 0.269 e. The van der Waals surface area contributed by atoms with Crippen LogP contribution in [0.3, 0.4) is 0 Å². The van der Waals surface area contributed by atoms with Crippen LogP contribution in [0.2, 0.25) is 0 Å². The van der Waals surface area contributed by atoms with E-state index in [1.807, 2.05) is 6.07 Å². The molecule has 0 aliphatic rings. The molecule has 0 heterocycles. The quantitative estimate of drug-likeness (QED) is 0.470. The van der Waals surface area contributed by atoms with Gasteiger partial charge in [0.15, 0.2) is 15.6 Å². The molecule has 7 nitrogen and oxygen atoms in total. The van der Waals surface area contributed by atoms with Gasteiger partial charge in [0.25, 0.3) is 5.69 Å². The lowest BCUT2D eigenvalue weighted by Gasteiger charge is -2.04. The number of hydrogen-bond acceptors (Lipinski definition) is 6. The van der Waals surface area contributed by atoms with E-state index < -0.39 is 26.3 Å². The molecule has 2 rings (SSSR count). The van der Waals surface area contributed by atoms with Crippen LogP contribution < -0.4 is 0 Å². The number of ketones is 1. The molecule has 0 atom stereocenters. The van der Waals surface area contributed by atoms with Gasteiger partial charge >= 0.3 is 0 Å². The molecule has 0 N–H and O–H groups in total. The van der Waals surface area contributed by atoms with Gasteiger partial charge in [0.05, 0.1) is 21.5 Å². The highest BCUT2D eigenvalue weighted by Gasteiger charge is 2.21. The summed E-state index contributed by atoms with van der Waals surface area (Å²) in [7, 11) is -3.90. The third-order valence-electron chi connectivity index (χ3n) is 3.06. The van der Waals surface area contributed by atoms with Gasteiger partial charge in [-0.25, -0.2) is 8.42 Å². The Morgan fingerprint density at radius 2 is 1.65 bits per heavy atom. The number of carbonyl (C=O) groups excluding carboxylic acids is 1. The maximum absolute atomic E-state index is 12.2. The molecule has 0 unspecified atom stereocenters. The van der Waals surface area contributed by atoms with Crippen LogP contribution in [0.15, 0.2) is 53.4 Å². The third-order valence-corrected chi connectivity index (χ3v) is 4.70. The highest BCUT2D eigenvalue weighted by Crippen LogP contribution is 2.18. The minimum absolute atomic E-state index is 0.162. The number of nitro benzene ring substituents is 1. The Hall–Kier alpha value is -3.05. The van der Waals surface area contributed by atoms with Gasteiger partial charge in [0, 0.05) is 17.7 Å². The molecule has 2 aromatic carbocycles. The molecule has 0 saturated heterocycles. The van der Waals surface area contributed by atoms with Crippen LogP contribution in [0.5, 0.6) is 0 Å². The van der Waals surface area contributed by atoms with Crippen molar-refractivity contribution in [2.45, 2.75) is 4.90 Å². The second kappa shape index (κ2) is 6.37. The van der Waals surface area contributed by atoms with Crippen LogP contribution in [0.25, 0.3) is 0 Å². The van der Waals surface area contributed by atoms with Crippen LogP contribution >= 0.6 is 0 Å². The van der Waals surface area contributed by atoms with Gasteiger partial charge in [0.1, 0.15) is 5.75 Å². The first-order valence-electron chi connectivity index (χ1n) is 6.34. The van der Waals surface area contributed by atoms with Gasteiger partial charge in [-0.05, 0) is 24.3 Å². The Morgan fingerprint density at radius 1 is 1.09 bits per heavy atom. The van der Waals surface area contributed by atoms with E-state index in [-0.39, 0.29) is 16.1 Å². The molecule has 0 aliphatic heterocycles. The monoisotopic (exact) mass is 330 g/mol. The SMILES string of the molecule is N#Cc1ccc(C(=O)CS(=O)(=O)c2ccc([N+](=O)[O-])cc2)cc1. The summed E-state index contributed by atoms with van der Waals surface area (Å²) in [6.45, 7) is 0. The van der Waals surface area contributed by atoms with E-state index in [1.54, 1.807) is 0 Å². The Labute approximate surface area is 131 Å². The summed E-state index contributed by atoms with van der Waals surface area (Å²) in [5.74, 6) is -1.37. The average Bonchev–Trinajstić information content (AvgIpc) is 2.54. The Morgan fingerprint density at radius 3 is 2.13 bits per heavy atom. The van der Waals surface area contributed by atoms with Crippen LogP contribution in [-0.4, -0.2) is 24.9 Å². The van der Waals surface area contributed by atoms with Gasteiger partial charge in [-0.1, -0.05) is 12.1 Å². The Kier molecular flexibility index (Phi) is 4.52. The fourth-order valence-electron chi connectivity index (χ4n) is 1.85. The number of sulfone groups is 1. The predicted octanol–water partition coefficient (Wildman–Crippen LogP) is 2.12. The number of nitriles is 1. The molecule has 23 heavy (non-hydrogen) atoms. The van der Waals surface area contributed by atoms with E-state index in [4.69, 9.17) is 5.26 Å². The highest BCUT2D eigenvalue weighted by atomic mass is 32.2. The number of benzene rings is 2. The molecule has 0 amide bonds. The molecule has 0 aromatic heterocycles. The Balaban J connectivity index is 2.21. The van der Waals surface area contributed by atoms with E-state index in [9.17, 15) is 23.3 Å². The molecule has 116 valence electrons. The molecule has 0 saturated carbocycles. The van der Waals surface area contributed by atoms with E-state index in [0.717, 1.165) is 24.3 Å². The van der Waals surface area contributed by atoms with Gasteiger partial charge in [-0.3, -0.25) is 14.9 Å². The van der Waals surface area contributed by atoms with Crippen LogP contribution in [0, 0.1) is 21.4 Å². The molecule has 0 bridgehead atoms. The lowest BCUT2D eigenvalue weighted by Crippen LogP contribution is -2.16. The minimum Gasteiger partial charge on any atom is -0.293 e. The van der Waals surface area contributed by atoms with Crippen molar-refractivity contribution >= 4 is 21.3 Å². The number of hydrogen-bond donors (Lipinski definition) is 0. The lowest BCUT2D eigenvalue weighted by molar-refractivity contribution is -0.384. The van der Waals surface area contributed by atoms with Crippen molar-refractivity contribution in [2.24, 2.45) is 0 Å². The van der Waals surface area contributed by atoms with Crippen LogP contribution in [0.1, 0.15) is 15.9 Å². The smallest absolute Gasteiger partial charge is 0.269 e. The first-order valence-corrected chi connectivity index (χ1v) is 7.99. The number of nitrogens with zero attached hydrogens (tertiary/aromatic N) is 2. The fourth-order valence-corrected chi connectivity index (χ4v) is 3.07. The second-order valence-corrected chi connectivity index (χ2v) is 6.61. The summed E-state index contributed by atoms with van der Waals surface area (Å²) < 4.78 is 24.4. The zero-order valence-corrected chi connectivity index (χ0v) is 12.5. The van der Waals surface area contributed by atoms with E-state index in [1.165, 1.54) is 24.3 Å². The largest absolute Gasteiger partial charge is 0.293 e. The van der Waals surface area contributed by atoms with Crippen molar-refractivity contribution in [2.75, 3.05) is 5.75 Å². The summed E-state index contributed by atoms with van der Waals surface area (Å²) >= 11 is 0. The molecule has 0 aliphatic carbocycles. The van der Waals surface area contributed by atoms with Crippen LogP contribution in [-0.2, 0) is 9.84 Å². The lowest BCUT2D eigenvalue weighted by atomic mass is 10.1. The van der Waals surface area contributed by atoms with Crippen molar-refractivity contribution in [1.29, 1.82) is 5.26 Å². The summed E-state index contributed by atoms with van der Waals surface area (Å²) in [4.78, 5) is 21.8. The first kappa shape index (κ1) is 16.3. The number of rotatable bonds is 5. The number of carbonyl (C=O) groups is 1. The van der Waals surface area contributed by atoms with E-state index in [2.05, 4.69) is 0 Å². The standard InChI is InChI=1S/C15H10N2O5S/c16-9-11-1-3-12(4-2-11)15(18)10-23(21,22)14-7-5-13(6-8-14)17(19)20/h1-8H,10H2. The molecule has 0 radical (unpaired) electrons. The normalized spacial score (nSPS) is 10.7. The van der Waals surface area contributed by atoms with Gasteiger partial charge < -0.3 is 0 Å². The maximum atomic E-state index is 12.2. The molecular weight excluding hydrogens is 320 g/mol. The summed E-state index contributed by atoms with van der Waals surface area (Å²) in [6, 6.07) is 11.8. The summed E-state index contributed by atoms with van der Waals surface area (Å²) in [6.07, 6.45) is 0. The van der Waals surface area contributed by atoms with Gasteiger partial charge in [-0.15, -0.1) is 0 Å². The van der Waals surface area contributed by atoms with Gasteiger partial charge in [0.2, 0.25) is 0 Å². The zero-order valence-electron chi connectivity index (χ0n) is 11.7. The topological polar surface area (TPSA) is 118 Å². The van der Waals surface area contributed by atoms with E-state index in [0.29, 0.717) is 5.56 Å². The Bertz CT molecular complexity index is 894. The highest BCUT2D eigenvalue weighted by molar-refractivity contribution is 7.92. The first-order chi connectivity index (χ1) is 10.8. The van der Waals surface area contributed by atoms with Crippen molar-refractivity contribution in [1.82, 2.24) is 0 Å². The second-order valence-electron chi connectivity index (χ2n) is 4.62. The van der Waals surface area contributed by atoms with Crippen molar-refractivity contribution in [3.8, 4) is 6.07 Å². The fraction of sp³-hybridized carbons (Fsp3) is 0.0667.